The van der Waals surface area contributed by atoms with Crippen molar-refractivity contribution >= 4 is 0 Å². The molecule has 5 heteroatoms. The van der Waals surface area contributed by atoms with Crippen LogP contribution < -0.4 is 5.32 Å². The Kier molecular flexibility index (Phi) is 6.81. The Bertz CT molecular complexity index is 298. The first-order valence-electron chi connectivity index (χ1n) is 6.39. The molecule has 17 heavy (non-hydrogen) atoms. The molecule has 0 atom stereocenters. The fourth-order valence-electron chi connectivity index (χ4n) is 1.51. The van der Waals surface area contributed by atoms with Gasteiger partial charge in [0.1, 0.15) is 12.9 Å². The van der Waals surface area contributed by atoms with E-state index in [-0.39, 0.29) is 0 Å². The summed E-state index contributed by atoms with van der Waals surface area (Å²) in [7, 11) is 0. The van der Waals surface area contributed by atoms with Gasteiger partial charge in [0.25, 0.3) is 0 Å². The Balaban J connectivity index is 2.20. The fourth-order valence-corrected chi connectivity index (χ4v) is 1.51. The fraction of sp³-hybridized carbons (Fsp3) is 0.833. The van der Waals surface area contributed by atoms with Gasteiger partial charge in [0.15, 0.2) is 5.82 Å². The van der Waals surface area contributed by atoms with E-state index in [1.165, 1.54) is 0 Å². The van der Waals surface area contributed by atoms with Crippen molar-refractivity contribution in [3.63, 3.8) is 0 Å². The van der Waals surface area contributed by atoms with Crippen molar-refractivity contribution in [2.24, 2.45) is 5.92 Å². The molecule has 1 aromatic rings. The molecule has 0 radical (unpaired) electrons. The highest BCUT2D eigenvalue weighted by Gasteiger charge is 2.05. The molecule has 1 rings (SSSR count). The smallest absolute Gasteiger partial charge is 0.152 e. The summed E-state index contributed by atoms with van der Waals surface area (Å²) in [6.07, 6.45) is 2.75. The van der Waals surface area contributed by atoms with E-state index in [2.05, 4.69) is 36.2 Å². The van der Waals surface area contributed by atoms with Gasteiger partial charge in [-0.3, -0.25) is 0 Å². The summed E-state index contributed by atoms with van der Waals surface area (Å²) in [6.45, 7) is 10.6. The van der Waals surface area contributed by atoms with Crippen LogP contribution in [0.3, 0.4) is 0 Å². The van der Waals surface area contributed by atoms with Crippen molar-refractivity contribution in [3.05, 3.63) is 12.2 Å². The van der Waals surface area contributed by atoms with Gasteiger partial charge < -0.3 is 10.1 Å². The van der Waals surface area contributed by atoms with Gasteiger partial charge in [-0.05, 0) is 18.9 Å². The minimum absolute atomic E-state index is 0.542. The number of nitrogens with one attached hydrogen (secondary N) is 1. The van der Waals surface area contributed by atoms with Crippen LogP contribution in [0.15, 0.2) is 6.33 Å². The minimum atomic E-state index is 0.542. The molecule has 0 aliphatic heterocycles. The van der Waals surface area contributed by atoms with Crippen LogP contribution in [-0.2, 0) is 17.9 Å². The minimum Gasteiger partial charge on any atom is -0.372 e. The van der Waals surface area contributed by atoms with Gasteiger partial charge in [-0.2, -0.15) is 5.10 Å². The summed E-state index contributed by atoms with van der Waals surface area (Å²) in [4.78, 5) is 4.21. The van der Waals surface area contributed by atoms with Gasteiger partial charge in [0.05, 0.1) is 6.61 Å². The van der Waals surface area contributed by atoms with Gasteiger partial charge in [-0.15, -0.1) is 0 Å². The molecule has 98 valence electrons. The summed E-state index contributed by atoms with van der Waals surface area (Å²) >= 11 is 0. The Morgan fingerprint density at radius 1 is 1.41 bits per heavy atom. The van der Waals surface area contributed by atoms with E-state index in [1.54, 1.807) is 6.33 Å². The Hall–Kier alpha value is -0.940. The zero-order valence-electron chi connectivity index (χ0n) is 11.1. The summed E-state index contributed by atoms with van der Waals surface area (Å²) in [6, 6.07) is 0. The molecular weight excluding hydrogens is 216 g/mol. The second-order valence-electron chi connectivity index (χ2n) is 4.55. The summed E-state index contributed by atoms with van der Waals surface area (Å²) in [5.74, 6) is 1.48. The van der Waals surface area contributed by atoms with E-state index in [0.29, 0.717) is 19.1 Å². The molecule has 0 aliphatic rings. The molecule has 0 saturated heterocycles. The monoisotopic (exact) mass is 240 g/mol. The molecule has 5 nitrogen and oxygen atoms in total. The molecule has 0 spiro atoms. The molecule has 0 amide bonds. The maximum Gasteiger partial charge on any atom is 0.152 e. The van der Waals surface area contributed by atoms with Crippen molar-refractivity contribution < 1.29 is 4.74 Å². The third-order valence-corrected chi connectivity index (χ3v) is 2.31. The van der Waals surface area contributed by atoms with Crippen LogP contribution in [0.25, 0.3) is 0 Å². The highest BCUT2D eigenvalue weighted by Crippen LogP contribution is 2.02. The van der Waals surface area contributed by atoms with Crippen LogP contribution in [0, 0.1) is 5.92 Å². The van der Waals surface area contributed by atoms with E-state index in [1.807, 2.05) is 4.68 Å². The number of hydrogen-bond donors (Lipinski definition) is 1. The molecule has 0 aliphatic carbocycles. The molecule has 1 N–H and O–H groups in total. The second kappa shape index (κ2) is 8.20. The lowest BCUT2D eigenvalue weighted by atomic mass is 10.2. The zero-order valence-corrected chi connectivity index (χ0v) is 11.1. The summed E-state index contributed by atoms with van der Waals surface area (Å²) < 4.78 is 7.48. The topological polar surface area (TPSA) is 52.0 Å². The molecule has 0 unspecified atom stereocenters. The highest BCUT2D eigenvalue weighted by atomic mass is 16.5. The van der Waals surface area contributed by atoms with Crippen molar-refractivity contribution in [2.75, 3.05) is 19.7 Å². The maximum absolute atomic E-state index is 5.56. The number of nitrogens with zero attached hydrogens (tertiary/aromatic N) is 3. The number of aromatic nitrogens is 3. The van der Waals surface area contributed by atoms with Crippen LogP contribution in [-0.4, -0.2) is 34.5 Å². The predicted octanol–water partition coefficient (Wildman–Crippen LogP) is 1.45. The average molecular weight is 240 g/mol. The third kappa shape index (κ3) is 5.79. The lowest BCUT2D eigenvalue weighted by Crippen LogP contribution is -2.20. The van der Waals surface area contributed by atoms with Crippen molar-refractivity contribution in [3.8, 4) is 0 Å². The third-order valence-electron chi connectivity index (χ3n) is 2.31. The first-order valence-corrected chi connectivity index (χ1v) is 6.39. The Morgan fingerprint density at radius 2 is 2.24 bits per heavy atom. The maximum atomic E-state index is 5.56. The van der Waals surface area contributed by atoms with Crippen molar-refractivity contribution in [1.82, 2.24) is 20.1 Å². The first-order chi connectivity index (χ1) is 8.24. The SMILES string of the molecule is CCCNCCOCc1ncnn1CC(C)C. The van der Waals surface area contributed by atoms with E-state index >= 15 is 0 Å². The molecule has 0 fully saturated rings. The van der Waals surface area contributed by atoms with E-state index < -0.39 is 0 Å². The molecule has 0 aromatic carbocycles. The van der Waals surface area contributed by atoms with Gasteiger partial charge in [0, 0.05) is 13.1 Å². The Morgan fingerprint density at radius 3 is 2.94 bits per heavy atom. The van der Waals surface area contributed by atoms with E-state index in [4.69, 9.17) is 4.74 Å². The van der Waals surface area contributed by atoms with Gasteiger partial charge in [-0.1, -0.05) is 20.8 Å². The zero-order chi connectivity index (χ0) is 12.5. The van der Waals surface area contributed by atoms with E-state index in [0.717, 1.165) is 31.9 Å². The van der Waals surface area contributed by atoms with Crippen LogP contribution in [0.4, 0.5) is 0 Å². The summed E-state index contributed by atoms with van der Waals surface area (Å²) in [5.41, 5.74) is 0. The highest BCUT2D eigenvalue weighted by molar-refractivity contribution is 4.81. The summed E-state index contributed by atoms with van der Waals surface area (Å²) in [5, 5.41) is 7.49. The van der Waals surface area contributed by atoms with Gasteiger partial charge in [-0.25, -0.2) is 9.67 Å². The Labute approximate surface area is 104 Å². The molecule has 0 saturated carbocycles. The van der Waals surface area contributed by atoms with Crippen LogP contribution in [0.2, 0.25) is 0 Å². The van der Waals surface area contributed by atoms with E-state index in [9.17, 15) is 0 Å². The largest absolute Gasteiger partial charge is 0.372 e. The number of hydrogen-bond acceptors (Lipinski definition) is 4. The predicted molar refractivity (Wildman–Crippen MR) is 67.7 cm³/mol. The van der Waals surface area contributed by atoms with Gasteiger partial charge in [0.2, 0.25) is 0 Å². The number of rotatable bonds is 9. The van der Waals surface area contributed by atoms with Gasteiger partial charge >= 0.3 is 0 Å². The average Bonchev–Trinajstić information content (AvgIpc) is 2.70. The van der Waals surface area contributed by atoms with Crippen molar-refractivity contribution in [2.45, 2.75) is 40.3 Å². The number of ether oxygens (including phenoxy) is 1. The first kappa shape index (κ1) is 14.1. The van der Waals surface area contributed by atoms with Crippen LogP contribution >= 0.6 is 0 Å². The quantitative estimate of drug-likeness (QED) is 0.664. The lowest BCUT2D eigenvalue weighted by Gasteiger charge is -2.09. The normalized spacial score (nSPS) is 11.3. The second-order valence-corrected chi connectivity index (χ2v) is 4.55. The van der Waals surface area contributed by atoms with Crippen LogP contribution in [0.5, 0.6) is 0 Å². The molecule has 0 bridgehead atoms. The molecule has 1 heterocycles. The van der Waals surface area contributed by atoms with Crippen LogP contribution in [0.1, 0.15) is 33.0 Å². The molecule has 1 aromatic heterocycles. The lowest BCUT2D eigenvalue weighted by molar-refractivity contribution is 0.113. The standard InChI is InChI=1S/C12H24N4O/c1-4-5-13-6-7-17-9-12-14-10-15-16(12)8-11(2)3/h10-11,13H,4-9H2,1-3H3. The van der Waals surface area contributed by atoms with Crippen molar-refractivity contribution in [1.29, 1.82) is 0 Å². The molecular formula is C12H24N4O.